The third-order valence-corrected chi connectivity index (χ3v) is 2.51. The maximum atomic E-state index is 13.5. The lowest BCUT2D eigenvalue weighted by molar-refractivity contribution is 0.593. The second kappa shape index (κ2) is 5.50. The van der Waals surface area contributed by atoms with Gasteiger partial charge in [-0.15, -0.1) is 0 Å². The second-order valence-electron chi connectivity index (χ2n) is 3.71. The first kappa shape index (κ1) is 11.7. The predicted octanol–water partition coefficient (Wildman–Crippen LogP) is 2.39. The number of hydrogen-bond donors (Lipinski definition) is 1. The minimum atomic E-state index is -0.188. The van der Waals surface area contributed by atoms with Crippen LogP contribution < -0.4 is 5.32 Å². The molecule has 0 fully saturated rings. The molecular weight excluding hydrogens is 217 g/mol. The van der Waals surface area contributed by atoms with Crippen LogP contribution in [-0.4, -0.2) is 16.5 Å². The lowest BCUT2D eigenvalue weighted by Crippen LogP contribution is -2.12. The van der Waals surface area contributed by atoms with E-state index in [1.54, 1.807) is 18.5 Å². The largest absolute Gasteiger partial charge is 0.313 e. The summed E-state index contributed by atoms with van der Waals surface area (Å²) in [6, 6.07) is 5.05. The molecule has 1 aromatic heterocycles. The fourth-order valence-corrected chi connectivity index (χ4v) is 1.60. The van der Waals surface area contributed by atoms with Crippen molar-refractivity contribution in [1.82, 2.24) is 15.3 Å². The number of nitrogens with one attached hydrogen (secondary N) is 1. The monoisotopic (exact) mass is 231 g/mol. The van der Waals surface area contributed by atoms with E-state index in [-0.39, 0.29) is 5.82 Å². The van der Waals surface area contributed by atoms with Crippen LogP contribution in [0.4, 0.5) is 4.39 Å². The Labute approximate surface area is 99.7 Å². The molecule has 4 heteroatoms. The van der Waals surface area contributed by atoms with Gasteiger partial charge in [0.1, 0.15) is 12.1 Å². The highest BCUT2D eigenvalue weighted by atomic mass is 19.1. The van der Waals surface area contributed by atoms with Crippen LogP contribution in [-0.2, 0) is 6.54 Å². The Bertz CT molecular complexity index is 485. The normalized spacial score (nSPS) is 10.5. The number of nitrogens with zero attached hydrogens (tertiary/aromatic N) is 2. The first-order valence-corrected chi connectivity index (χ1v) is 5.55. The average molecular weight is 231 g/mol. The van der Waals surface area contributed by atoms with Gasteiger partial charge in [0.2, 0.25) is 0 Å². The summed E-state index contributed by atoms with van der Waals surface area (Å²) in [4.78, 5) is 7.91. The van der Waals surface area contributed by atoms with E-state index < -0.39 is 0 Å². The maximum absolute atomic E-state index is 13.5. The van der Waals surface area contributed by atoms with Gasteiger partial charge in [-0.05, 0) is 24.2 Å². The number of rotatable bonds is 4. The van der Waals surface area contributed by atoms with E-state index >= 15 is 0 Å². The lowest BCUT2D eigenvalue weighted by Gasteiger charge is -2.07. The fraction of sp³-hybridized carbons (Fsp3) is 0.231. The van der Waals surface area contributed by atoms with E-state index in [4.69, 9.17) is 0 Å². The van der Waals surface area contributed by atoms with Crippen LogP contribution in [0.1, 0.15) is 12.5 Å². The fourth-order valence-electron chi connectivity index (χ4n) is 1.60. The Morgan fingerprint density at radius 1 is 1.18 bits per heavy atom. The Balaban J connectivity index is 2.31. The van der Waals surface area contributed by atoms with Crippen molar-refractivity contribution in [3.63, 3.8) is 0 Å². The molecule has 0 aliphatic heterocycles. The van der Waals surface area contributed by atoms with E-state index in [1.165, 1.54) is 12.4 Å². The first-order chi connectivity index (χ1) is 8.31. The summed E-state index contributed by atoms with van der Waals surface area (Å²) in [5.41, 5.74) is 2.48. The molecule has 1 aromatic carbocycles. The van der Waals surface area contributed by atoms with Gasteiger partial charge in [-0.25, -0.2) is 14.4 Å². The molecular formula is C13H14FN3. The Morgan fingerprint density at radius 3 is 2.65 bits per heavy atom. The van der Waals surface area contributed by atoms with Gasteiger partial charge >= 0.3 is 0 Å². The first-order valence-electron chi connectivity index (χ1n) is 5.55. The molecule has 0 saturated heterocycles. The molecule has 0 aliphatic carbocycles. The Hall–Kier alpha value is -1.81. The van der Waals surface area contributed by atoms with Gasteiger partial charge in [0, 0.05) is 30.1 Å². The van der Waals surface area contributed by atoms with Crippen molar-refractivity contribution in [2.24, 2.45) is 0 Å². The van der Waals surface area contributed by atoms with Crippen LogP contribution in [0.3, 0.4) is 0 Å². The van der Waals surface area contributed by atoms with Crippen LogP contribution in [0.2, 0.25) is 0 Å². The van der Waals surface area contributed by atoms with Crippen molar-refractivity contribution in [2.45, 2.75) is 13.5 Å². The standard InChI is InChI=1S/C13H14FN3/c1-2-15-6-11-5-10(3-4-13(11)14)12-7-16-9-17-8-12/h3-5,7-9,15H,2,6H2,1H3. The molecule has 3 nitrogen and oxygen atoms in total. The van der Waals surface area contributed by atoms with Crippen molar-refractivity contribution in [2.75, 3.05) is 6.54 Å². The van der Waals surface area contributed by atoms with E-state index in [2.05, 4.69) is 15.3 Å². The van der Waals surface area contributed by atoms with Gasteiger partial charge in [0.05, 0.1) is 0 Å². The summed E-state index contributed by atoms with van der Waals surface area (Å²) in [6.45, 7) is 3.34. The molecule has 0 spiro atoms. The summed E-state index contributed by atoms with van der Waals surface area (Å²) >= 11 is 0. The van der Waals surface area contributed by atoms with E-state index in [0.717, 1.165) is 17.7 Å². The molecule has 1 heterocycles. The number of aromatic nitrogens is 2. The van der Waals surface area contributed by atoms with Crippen molar-refractivity contribution < 1.29 is 4.39 Å². The van der Waals surface area contributed by atoms with Crippen LogP contribution in [0.15, 0.2) is 36.9 Å². The van der Waals surface area contributed by atoms with Crippen LogP contribution in [0.25, 0.3) is 11.1 Å². The summed E-state index contributed by atoms with van der Waals surface area (Å²) in [7, 11) is 0. The van der Waals surface area contributed by atoms with Crippen molar-refractivity contribution in [3.8, 4) is 11.1 Å². The number of benzene rings is 1. The highest BCUT2D eigenvalue weighted by Crippen LogP contribution is 2.20. The zero-order valence-corrected chi connectivity index (χ0v) is 9.65. The van der Waals surface area contributed by atoms with Crippen LogP contribution in [0, 0.1) is 5.82 Å². The second-order valence-corrected chi connectivity index (χ2v) is 3.71. The SMILES string of the molecule is CCNCc1cc(-c2cncnc2)ccc1F. The Morgan fingerprint density at radius 2 is 1.94 bits per heavy atom. The highest BCUT2D eigenvalue weighted by molar-refractivity contribution is 5.62. The van der Waals surface area contributed by atoms with Gasteiger partial charge < -0.3 is 5.32 Å². The lowest BCUT2D eigenvalue weighted by atomic mass is 10.1. The summed E-state index contributed by atoms with van der Waals surface area (Å²) < 4.78 is 13.5. The minimum absolute atomic E-state index is 0.188. The van der Waals surface area contributed by atoms with Crippen LogP contribution >= 0.6 is 0 Å². The van der Waals surface area contributed by atoms with Gasteiger partial charge in [-0.1, -0.05) is 13.0 Å². The van der Waals surface area contributed by atoms with E-state index in [0.29, 0.717) is 12.1 Å². The third kappa shape index (κ3) is 2.85. The minimum Gasteiger partial charge on any atom is -0.313 e. The molecule has 0 aliphatic rings. The summed E-state index contributed by atoms with van der Waals surface area (Å²) in [5.74, 6) is -0.188. The molecule has 0 bridgehead atoms. The smallest absolute Gasteiger partial charge is 0.127 e. The predicted molar refractivity (Wildman–Crippen MR) is 64.8 cm³/mol. The molecule has 2 aromatic rings. The topological polar surface area (TPSA) is 37.8 Å². The molecule has 0 atom stereocenters. The van der Waals surface area contributed by atoms with E-state index in [1.807, 2.05) is 13.0 Å². The highest BCUT2D eigenvalue weighted by Gasteiger charge is 2.05. The van der Waals surface area contributed by atoms with Crippen molar-refractivity contribution in [3.05, 3.63) is 48.3 Å². The molecule has 17 heavy (non-hydrogen) atoms. The summed E-state index contributed by atoms with van der Waals surface area (Å²) in [6.07, 6.45) is 4.92. The summed E-state index contributed by atoms with van der Waals surface area (Å²) in [5, 5.41) is 3.11. The quantitative estimate of drug-likeness (QED) is 0.878. The molecule has 2 rings (SSSR count). The average Bonchev–Trinajstić information content (AvgIpc) is 2.39. The van der Waals surface area contributed by atoms with Crippen molar-refractivity contribution in [1.29, 1.82) is 0 Å². The zero-order valence-electron chi connectivity index (χ0n) is 9.65. The maximum Gasteiger partial charge on any atom is 0.127 e. The Kier molecular flexibility index (Phi) is 3.77. The third-order valence-electron chi connectivity index (χ3n) is 2.51. The van der Waals surface area contributed by atoms with Gasteiger partial charge in [-0.3, -0.25) is 0 Å². The van der Waals surface area contributed by atoms with Gasteiger partial charge in [-0.2, -0.15) is 0 Å². The van der Waals surface area contributed by atoms with Crippen LogP contribution in [0.5, 0.6) is 0 Å². The number of hydrogen-bond acceptors (Lipinski definition) is 3. The van der Waals surface area contributed by atoms with Crippen molar-refractivity contribution >= 4 is 0 Å². The molecule has 0 saturated carbocycles. The molecule has 0 unspecified atom stereocenters. The molecule has 1 N–H and O–H groups in total. The zero-order chi connectivity index (χ0) is 12.1. The van der Waals surface area contributed by atoms with Gasteiger partial charge in [0.25, 0.3) is 0 Å². The molecule has 0 amide bonds. The van der Waals surface area contributed by atoms with E-state index in [9.17, 15) is 4.39 Å². The molecule has 88 valence electrons. The van der Waals surface area contributed by atoms with Gasteiger partial charge in [0.15, 0.2) is 0 Å². The number of halogens is 1. The molecule has 0 radical (unpaired) electrons.